The lowest BCUT2D eigenvalue weighted by molar-refractivity contribution is -0.00461. The lowest BCUT2D eigenvalue weighted by atomic mass is 10.1. The Hall–Kier alpha value is -0.910. The second-order valence-corrected chi connectivity index (χ2v) is 5.37. The first-order valence-electron chi connectivity index (χ1n) is 6.39. The molecule has 2 heterocycles. The van der Waals surface area contributed by atoms with Crippen LogP contribution in [0.15, 0.2) is 6.33 Å². The molecule has 0 amide bonds. The molecule has 19 heavy (non-hydrogen) atoms. The summed E-state index contributed by atoms with van der Waals surface area (Å²) in [6, 6.07) is 0. The van der Waals surface area contributed by atoms with E-state index in [-0.39, 0.29) is 18.1 Å². The van der Waals surface area contributed by atoms with Crippen molar-refractivity contribution in [3.63, 3.8) is 0 Å². The second-order valence-electron chi connectivity index (χ2n) is 5.01. The van der Waals surface area contributed by atoms with E-state index in [1.807, 2.05) is 0 Å². The molecule has 1 aliphatic heterocycles. The Balaban J connectivity index is 2.31. The number of nitrogens with zero attached hydrogens (tertiary/aromatic N) is 3. The smallest absolute Gasteiger partial charge is 0.138 e. The van der Waals surface area contributed by atoms with Crippen LogP contribution < -0.4 is 4.90 Å². The average Bonchev–Trinajstić information content (AvgIpc) is 2.81. The molecule has 106 valence electrons. The van der Waals surface area contributed by atoms with Crippen molar-refractivity contribution in [2.75, 3.05) is 32.2 Å². The van der Waals surface area contributed by atoms with Crippen molar-refractivity contribution in [1.82, 2.24) is 9.97 Å². The summed E-state index contributed by atoms with van der Waals surface area (Å²) in [7, 11) is 3.41. The molecule has 5 nitrogen and oxygen atoms in total. The summed E-state index contributed by atoms with van der Waals surface area (Å²) in [4.78, 5) is 10.6. The molecule has 1 fully saturated rings. The van der Waals surface area contributed by atoms with E-state index in [2.05, 4.69) is 28.7 Å². The van der Waals surface area contributed by atoms with Crippen LogP contribution in [0.2, 0.25) is 5.15 Å². The van der Waals surface area contributed by atoms with E-state index in [4.69, 9.17) is 21.1 Å². The van der Waals surface area contributed by atoms with Gasteiger partial charge in [0.05, 0.1) is 0 Å². The maximum Gasteiger partial charge on any atom is 0.138 e. The Kier molecular flexibility index (Phi) is 4.60. The highest BCUT2D eigenvalue weighted by molar-refractivity contribution is 6.30. The fraction of sp³-hybridized carbons (Fsp3) is 0.692. The highest BCUT2D eigenvalue weighted by atomic mass is 35.5. The Bertz CT molecular complexity index is 430. The van der Waals surface area contributed by atoms with Crippen molar-refractivity contribution in [3.8, 4) is 0 Å². The maximum absolute atomic E-state index is 6.20. The Morgan fingerprint density at radius 2 is 1.79 bits per heavy atom. The fourth-order valence-corrected chi connectivity index (χ4v) is 2.83. The van der Waals surface area contributed by atoms with Gasteiger partial charge in [-0.15, -0.1) is 0 Å². The maximum atomic E-state index is 6.20. The Morgan fingerprint density at radius 3 is 2.26 bits per heavy atom. The van der Waals surface area contributed by atoms with Crippen molar-refractivity contribution in [2.24, 2.45) is 0 Å². The topological polar surface area (TPSA) is 47.5 Å². The van der Waals surface area contributed by atoms with Gasteiger partial charge in [-0.05, 0) is 5.92 Å². The van der Waals surface area contributed by atoms with E-state index in [0.29, 0.717) is 5.15 Å². The van der Waals surface area contributed by atoms with Crippen LogP contribution in [0.25, 0.3) is 0 Å². The minimum Gasteiger partial charge on any atom is -0.377 e. The Labute approximate surface area is 118 Å². The molecule has 2 unspecified atom stereocenters. The highest BCUT2D eigenvalue weighted by Crippen LogP contribution is 2.32. The molecular formula is C13H20ClN3O2. The SMILES string of the molecule is COC1CN(c2ncnc(Cl)c2C(C)C)CC1OC. The van der Waals surface area contributed by atoms with Gasteiger partial charge in [-0.1, -0.05) is 25.4 Å². The minimum atomic E-state index is 0.0544. The number of ether oxygens (including phenoxy) is 2. The van der Waals surface area contributed by atoms with Gasteiger partial charge in [0.1, 0.15) is 29.5 Å². The number of halogens is 1. The second kappa shape index (κ2) is 6.03. The quantitative estimate of drug-likeness (QED) is 0.793. The third kappa shape index (κ3) is 2.83. The largest absolute Gasteiger partial charge is 0.377 e. The molecule has 0 aromatic carbocycles. The van der Waals surface area contributed by atoms with Gasteiger partial charge >= 0.3 is 0 Å². The minimum absolute atomic E-state index is 0.0544. The molecule has 1 saturated heterocycles. The first-order valence-corrected chi connectivity index (χ1v) is 6.77. The highest BCUT2D eigenvalue weighted by Gasteiger charge is 2.35. The van der Waals surface area contributed by atoms with Gasteiger partial charge < -0.3 is 14.4 Å². The summed E-state index contributed by atoms with van der Waals surface area (Å²) in [5.74, 6) is 1.16. The normalized spacial score (nSPS) is 23.4. The van der Waals surface area contributed by atoms with Gasteiger partial charge in [0.2, 0.25) is 0 Å². The zero-order valence-electron chi connectivity index (χ0n) is 11.8. The number of aromatic nitrogens is 2. The molecule has 0 bridgehead atoms. The number of hydrogen-bond acceptors (Lipinski definition) is 5. The van der Waals surface area contributed by atoms with Crippen LogP contribution in [0.1, 0.15) is 25.3 Å². The zero-order valence-corrected chi connectivity index (χ0v) is 12.5. The van der Waals surface area contributed by atoms with Crippen LogP contribution in [-0.4, -0.2) is 49.5 Å². The van der Waals surface area contributed by atoms with Gasteiger partial charge in [-0.3, -0.25) is 0 Å². The van der Waals surface area contributed by atoms with Gasteiger partial charge in [0.25, 0.3) is 0 Å². The monoisotopic (exact) mass is 285 g/mol. The lowest BCUT2D eigenvalue weighted by Crippen LogP contribution is -2.27. The molecule has 0 radical (unpaired) electrons. The van der Waals surface area contributed by atoms with Crippen molar-refractivity contribution in [1.29, 1.82) is 0 Å². The lowest BCUT2D eigenvalue weighted by Gasteiger charge is -2.22. The third-order valence-electron chi connectivity index (χ3n) is 3.51. The van der Waals surface area contributed by atoms with E-state index in [9.17, 15) is 0 Å². The standard InChI is InChI=1S/C13H20ClN3O2/c1-8(2)11-12(14)15-7-16-13(11)17-5-9(18-3)10(6-17)19-4/h7-10H,5-6H2,1-4H3. The van der Waals surface area contributed by atoms with E-state index in [1.54, 1.807) is 14.2 Å². The van der Waals surface area contributed by atoms with Crippen LogP contribution in [0.3, 0.4) is 0 Å². The number of hydrogen-bond donors (Lipinski definition) is 0. The van der Waals surface area contributed by atoms with Crippen molar-refractivity contribution < 1.29 is 9.47 Å². The summed E-state index contributed by atoms with van der Waals surface area (Å²) < 4.78 is 10.9. The van der Waals surface area contributed by atoms with E-state index in [0.717, 1.165) is 24.5 Å². The molecule has 1 aromatic heterocycles. The summed E-state index contributed by atoms with van der Waals surface area (Å²) >= 11 is 6.20. The molecule has 2 rings (SSSR count). The van der Waals surface area contributed by atoms with Crippen molar-refractivity contribution >= 4 is 17.4 Å². The summed E-state index contributed by atoms with van der Waals surface area (Å²) in [6.45, 7) is 5.68. The number of methoxy groups -OCH3 is 2. The molecular weight excluding hydrogens is 266 g/mol. The van der Waals surface area contributed by atoms with E-state index in [1.165, 1.54) is 6.33 Å². The predicted octanol–water partition coefficient (Wildman–Crippen LogP) is 2.10. The molecule has 0 spiro atoms. The molecule has 1 aromatic rings. The van der Waals surface area contributed by atoms with Crippen molar-refractivity contribution in [3.05, 3.63) is 17.0 Å². The van der Waals surface area contributed by atoms with Gasteiger partial charge in [0, 0.05) is 32.9 Å². The first-order chi connectivity index (χ1) is 9.08. The average molecular weight is 286 g/mol. The molecule has 0 saturated carbocycles. The van der Waals surface area contributed by atoms with Crippen molar-refractivity contribution in [2.45, 2.75) is 32.0 Å². The molecule has 1 aliphatic rings. The van der Waals surface area contributed by atoms with Gasteiger partial charge in [-0.2, -0.15) is 0 Å². The molecule has 0 aliphatic carbocycles. The number of anilines is 1. The van der Waals surface area contributed by atoms with Crippen LogP contribution in [-0.2, 0) is 9.47 Å². The number of rotatable bonds is 4. The summed E-state index contributed by atoms with van der Waals surface area (Å²) in [6.07, 6.45) is 1.61. The third-order valence-corrected chi connectivity index (χ3v) is 3.81. The Morgan fingerprint density at radius 1 is 1.21 bits per heavy atom. The van der Waals surface area contributed by atoms with Gasteiger partial charge in [0.15, 0.2) is 0 Å². The van der Waals surface area contributed by atoms with Crippen LogP contribution in [0.5, 0.6) is 0 Å². The molecule has 2 atom stereocenters. The van der Waals surface area contributed by atoms with Crippen LogP contribution >= 0.6 is 11.6 Å². The summed E-state index contributed by atoms with van der Waals surface area (Å²) in [5, 5.41) is 0.523. The van der Waals surface area contributed by atoms with Crippen LogP contribution in [0, 0.1) is 0 Å². The molecule has 6 heteroatoms. The van der Waals surface area contributed by atoms with Gasteiger partial charge in [-0.25, -0.2) is 9.97 Å². The first kappa shape index (κ1) is 14.5. The van der Waals surface area contributed by atoms with E-state index >= 15 is 0 Å². The fourth-order valence-electron chi connectivity index (χ4n) is 2.48. The predicted molar refractivity (Wildman–Crippen MR) is 74.9 cm³/mol. The summed E-state index contributed by atoms with van der Waals surface area (Å²) in [5.41, 5.74) is 0.982. The molecule has 0 N–H and O–H groups in total. The van der Waals surface area contributed by atoms with E-state index < -0.39 is 0 Å². The zero-order chi connectivity index (χ0) is 14.0. The van der Waals surface area contributed by atoms with Crippen LogP contribution in [0.4, 0.5) is 5.82 Å².